The molecule has 0 amide bonds. The first kappa shape index (κ1) is 9.29. The van der Waals surface area contributed by atoms with Crippen molar-refractivity contribution < 1.29 is 0 Å². The summed E-state index contributed by atoms with van der Waals surface area (Å²) in [6.07, 6.45) is 1.58. The molecule has 1 aliphatic heterocycles. The fourth-order valence-electron chi connectivity index (χ4n) is 3.12. The molecule has 0 radical (unpaired) electrons. The SMILES string of the molecule is CC(C)[C@@H]1CC2CI(C)[C@H](C)C21. The molecule has 0 bridgehead atoms. The van der Waals surface area contributed by atoms with Crippen LogP contribution in [-0.4, -0.2) is 13.3 Å². The van der Waals surface area contributed by atoms with Crippen molar-refractivity contribution in [1.29, 1.82) is 0 Å². The van der Waals surface area contributed by atoms with Gasteiger partial charge in [0.25, 0.3) is 0 Å². The van der Waals surface area contributed by atoms with E-state index in [0.717, 1.165) is 11.8 Å². The number of hydrogen-bond acceptors (Lipinski definition) is 0. The quantitative estimate of drug-likeness (QED) is 0.510. The molecule has 1 aliphatic carbocycles. The summed E-state index contributed by atoms with van der Waals surface area (Å²) >= 11 is -0.440. The third kappa shape index (κ3) is 1.23. The molecular weight excluding hydrogens is 259 g/mol. The molecule has 72 valence electrons. The molecular formula is C11H21I. The van der Waals surface area contributed by atoms with E-state index in [1.165, 1.54) is 15.8 Å². The molecule has 4 atom stereocenters. The first-order valence-electron chi connectivity index (χ1n) is 5.15. The summed E-state index contributed by atoms with van der Waals surface area (Å²) in [5.74, 6) is 4.41. The molecule has 2 unspecified atom stereocenters. The summed E-state index contributed by atoms with van der Waals surface area (Å²) in [6.45, 7) is 7.38. The normalized spacial score (nSPS) is 49.2. The van der Waals surface area contributed by atoms with E-state index in [1.54, 1.807) is 10.8 Å². The third-order valence-electron chi connectivity index (χ3n) is 4.03. The maximum atomic E-state index is 2.60. The van der Waals surface area contributed by atoms with Crippen LogP contribution in [0.3, 0.4) is 0 Å². The van der Waals surface area contributed by atoms with Gasteiger partial charge in [-0.05, 0) is 0 Å². The van der Waals surface area contributed by atoms with Gasteiger partial charge in [0, 0.05) is 0 Å². The van der Waals surface area contributed by atoms with Crippen LogP contribution in [0.1, 0.15) is 27.2 Å². The van der Waals surface area contributed by atoms with E-state index in [1.807, 2.05) is 0 Å². The second-order valence-electron chi connectivity index (χ2n) is 4.95. The molecule has 0 aromatic carbocycles. The topological polar surface area (TPSA) is 0 Å². The molecule has 0 aromatic heterocycles. The van der Waals surface area contributed by atoms with Crippen molar-refractivity contribution in [2.24, 2.45) is 23.7 Å². The first-order chi connectivity index (χ1) is 5.61. The van der Waals surface area contributed by atoms with Gasteiger partial charge in [0.05, 0.1) is 0 Å². The summed E-state index contributed by atoms with van der Waals surface area (Å²) in [7, 11) is 0. The Bertz CT molecular complexity index is 176. The van der Waals surface area contributed by atoms with Crippen LogP contribution in [0.15, 0.2) is 0 Å². The summed E-state index contributed by atoms with van der Waals surface area (Å²) in [6, 6.07) is 0. The van der Waals surface area contributed by atoms with Crippen molar-refractivity contribution in [1.82, 2.24) is 0 Å². The van der Waals surface area contributed by atoms with E-state index in [9.17, 15) is 0 Å². The van der Waals surface area contributed by atoms with Crippen LogP contribution in [-0.2, 0) is 0 Å². The fraction of sp³-hybridized carbons (Fsp3) is 1.00. The van der Waals surface area contributed by atoms with Crippen molar-refractivity contribution in [3.05, 3.63) is 0 Å². The van der Waals surface area contributed by atoms with Gasteiger partial charge in [-0.2, -0.15) is 0 Å². The molecule has 2 rings (SSSR count). The van der Waals surface area contributed by atoms with Crippen LogP contribution in [0.5, 0.6) is 0 Å². The van der Waals surface area contributed by atoms with E-state index in [-0.39, 0.29) is 0 Å². The van der Waals surface area contributed by atoms with Crippen molar-refractivity contribution in [2.75, 3.05) is 9.36 Å². The molecule has 1 heteroatoms. The average Bonchev–Trinajstić information content (AvgIpc) is 2.11. The molecule has 0 nitrogen and oxygen atoms in total. The zero-order chi connectivity index (χ0) is 8.88. The maximum absolute atomic E-state index is 2.60. The molecule has 0 N–H and O–H groups in total. The van der Waals surface area contributed by atoms with E-state index in [4.69, 9.17) is 0 Å². The average molecular weight is 280 g/mol. The van der Waals surface area contributed by atoms with Crippen LogP contribution in [0, 0.1) is 23.7 Å². The van der Waals surface area contributed by atoms with E-state index in [0.29, 0.717) is 0 Å². The number of halogens is 1. The van der Waals surface area contributed by atoms with Crippen LogP contribution in [0.4, 0.5) is 0 Å². The van der Waals surface area contributed by atoms with Gasteiger partial charge in [-0.25, -0.2) is 0 Å². The minimum atomic E-state index is -0.440. The van der Waals surface area contributed by atoms with Gasteiger partial charge in [0.15, 0.2) is 0 Å². The summed E-state index contributed by atoms with van der Waals surface area (Å²) in [5.41, 5.74) is 0. The standard InChI is InChI=1S/C11H21I/c1-7(2)10-5-9-6-12(4)8(3)11(9)10/h7-11H,5-6H2,1-4H3/t8-,9?,10+,11?/m1/s1. The second kappa shape index (κ2) is 3.14. The van der Waals surface area contributed by atoms with Gasteiger partial charge in [-0.1, -0.05) is 0 Å². The third-order valence-corrected chi connectivity index (χ3v) is 10.7. The second-order valence-corrected chi connectivity index (χ2v) is 11.5. The molecule has 0 spiro atoms. The molecule has 0 aromatic rings. The predicted octanol–water partition coefficient (Wildman–Crippen LogP) is 3.43. The van der Waals surface area contributed by atoms with E-state index >= 15 is 0 Å². The number of alkyl halides is 3. The monoisotopic (exact) mass is 280 g/mol. The zero-order valence-electron chi connectivity index (χ0n) is 8.68. The Balaban J connectivity index is 2.03. The van der Waals surface area contributed by atoms with Crippen LogP contribution < -0.4 is 0 Å². The predicted molar refractivity (Wildman–Crippen MR) is 64.2 cm³/mol. The molecule has 1 saturated carbocycles. The minimum absolute atomic E-state index is 0.440. The summed E-state index contributed by atoms with van der Waals surface area (Å²) in [4.78, 5) is 2.60. The van der Waals surface area contributed by atoms with Crippen molar-refractivity contribution in [3.8, 4) is 0 Å². The number of fused-ring (bicyclic) bond motifs is 1. The van der Waals surface area contributed by atoms with Gasteiger partial charge in [-0.3, -0.25) is 0 Å². The van der Waals surface area contributed by atoms with Crippen LogP contribution in [0.25, 0.3) is 0 Å². The Kier molecular flexibility index (Phi) is 2.43. The Morgan fingerprint density at radius 3 is 2.50 bits per heavy atom. The van der Waals surface area contributed by atoms with Crippen LogP contribution in [0.2, 0.25) is 0 Å². The van der Waals surface area contributed by atoms with Crippen LogP contribution >= 0.6 is 19.8 Å². The molecule has 1 saturated heterocycles. The van der Waals surface area contributed by atoms with E-state index < -0.39 is 19.8 Å². The number of hydrogen-bond donors (Lipinski definition) is 0. The first-order valence-corrected chi connectivity index (χ1v) is 10.1. The fourth-order valence-corrected chi connectivity index (χ4v) is 9.19. The van der Waals surface area contributed by atoms with Gasteiger partial charge in [-0.15, -0.1) is 0 Å². The molecule has 2 fully saturated rings. The Labute approximate surface area is 83.9 Å². The zero-order valence-corrected chi connectivity index (χ0v) is 10.8. The van der Waals surface area contributed by atoms with Crippen molar-refractivity contribution in [2.45, 2.75) is 31.1 Å². The molecule has 1 heterocycles. The Hall–Kier alpha value is 0.730. The molecule has 2 aliphatic rings. The Morgan fingerprint density at radius 2 is 2.00 bits per heavy atom. The van der Waals surface area contributed by atoms with Gasteiger partial charge in [0.2, 0.25) is 0 Å². The van der Waals surface area contributed by atoms with Crippen molar-refractivity contribution >= 4 is 19.8 Å². The van der Waals surface area contributed by atoms with Gasteiger partial charge < -0.3 is 0 Å². The number of rotatable bonds is 1. The summed E-state index contributed by atoms with van der Waals surface area (Å²) in [5, 5.41) is 0. The van der Waals surface area contributed by atoms with Crippen molar-refractivity contribution in [3.63, 3.8) is 0 Å². The van der Waals surface area contributed by atoms with Gasteiger partial charge >= 0.3 is 84.0 Å². The van der Waals surface area contributed by atoms with E-state index in [2.05, 4.69) is 25.7 Å². The Morgan fingerprint density at radius 1 is 1.33 bits per heavy atom. The summed E-state index contributed by atoms with van der Waals surface area (Å²) < 4.78 is 2.85. The molecule has 12 heavy (non-hydrogen) atoms. The van der Waals surface area contributed by atoms with Gasteiger partial charge in [0.1, 0.15) is 0 Å².